The highest BCUT2D eigenvalue weighted by molar-refractivity contribution is 5.80. The number of nitrogens with zero attached hydrogens (tertiary/aromatic N) is 2. The summed E-state index contributed by atoms with van der Waals surface area (Å²) in [7, 11) is 0. The average Bonchev–Trinajstić information content (AvgIpc) is 2.93. The standard InChI is InChI=1S/C14H8FNO2.C8H4FNO.C6H5FO/c15-12-2-4-13(5-3-12)18-14-6-1-10(8-16)7-11(14)9-17;9-8-2-1-6(4-10)3-7(8)5-11;7-5-1-3-6(8)4-2-5/h1-7,9H;1-3,5H;1-4,8H. The summed E-state index contributed by atoms with van der Waals surface area (Å²) < 4.78 is 42.7. The number of aldehydes is 2. The minimum Gasteiger partial charge on any atom is -0.508 e. The molecule has 0 saturated carbocycles. The monoisotopic (exact) mass is 502 g/mol. The maximum absolute atomic E-state index is 12.7. The van der Waals surface area contributed by atoms with Crippen LogP contribution >= 0.6 is 0 Å². The van der Waals surface area contributed by atoms with Crippen LogP contribution in [0.4, 0.5) is 13.2 Å². The number of halogens is 3. The highest BCUT2D eigenvalue weighted by Gasteiger charge is 2.06. The van der Waals surface area contributed by atoms with Crippen molar-refractivity contribution in [1.82, 2.24) is 0 Å². The molecule has 4 rings (SSSR count). The Bertz CT molecular complexity index is 1420. The molecule has 9 heteroatoms. The Morgan fingerprint density at radius 3 is 1.65 bits per heavy atom. The van der Waals surface area contributed by atoms with Gasteiger partial charge in [0.15, 0.2) is 12.6 Å². The number of rotatable bonds is 4. The molecule has 0 radical (unpaired) electrons. The quantitative estimate of drug-likeness (QED) is 0.326. The Hall–Kier alpha value is -5.41. The van der Waals surface area contributed by atoms with E-state index in [0.29, 0.717) is 29.6 Å². The van der Waals surface area contributed by atoms with Crippen LogP contribution in [0.15, 0.2) is 84.9 Å². The number of carbonyl (C=O) groups is 2. The van der Waals surface area contributed by atoms with Crippen molar-refractivity contribution in [3.05, 3.63) is 125 Å². The number of aromatic hydroxyl groups is 1. The average molecular weight is 502 g/mol. The van der Waals surface area contributed by atoms with Crippen molar-refractivity contribution in [2.45, 2.75) is 0 Å². The van der Waals surface area contributed by atoms with E-state index >= 15 is 0 Å². The lowest BCUT2D eigenvalue weighted by atomic mass is 10.1. The van der Waals surface area contributed by atoms with Gasteiger partial charge in [0.25, 0.3) is 0 Å². The molecule has 6 nitrogen and oxygen atoms in total. The molecule has 0 atom stereocenters. The first kappa shape index (κ1) is 27.8. The van der Waals surface area contributed by atoms with Crippen LogP contribution in [-0.4, -0.2) is 17.7 Å². The molecule has 4 aromatic carbocycles. The smallest absolute Gasteiger partial charge is 0.153 e. The fraction of sp³-hybridized carbons (Fsp3) is 0. The van der Waals surface area contributed by atoms with Crippen molar-refractivity contribution in [3.63, 3.8) is 0 Å². The number of phenols is 1. The van der Waals surface area contributed by atoms with Crippen molar-refractivity contribution >= 4 is 12.6 Å². The molecular weight excluding hydrogens is 485 g/mol. The SMILES string of the molecule is N#Cc1ccc(F)c(C=O)c1.N#Cc1ccc(Oc2ccc(F)cc2)c(C=O)c1.Oc1ccc(F)cc1. The molecule has 0 saturated heterocycles. The Morgan fingerprint density at radius 1 is 0.676 bits per heavy atom. The van der Waals surface area contributed by atoms with Gasteiger partial charge in [-0.15, -0.1) is 0 Å². The number of hydrogen-bond acceptors (Lipinski definition) is 6. The van der Waals surface area contributed by atoms with Gasteiger partial charge < -0.3 is 9.84 Å². The third-order valence-corrected chi connectivity index (χ3v) is 4.39. The second-order valence-electron chi connectivity index (χ2n) is 6.98. The molecule has 4 aromatic rings. The van der Waals surface area contributed by atoms with Gasteiger partial charge in [0.2, 0.25) is 0 Å². The molecule has 0 spiro atoms. The molecule has 0 fully saturated rings. The van der Waals surface area contributed by atoms with Gasteiger partial charge in [-0.05, 0) is 84.9 Å². The molecule has 37 heavy (non-hydrogen) atoms. The second kappa shape index (κ2) is 14.1. The molecule has 0 amide bonds. The zero-order chi connectivity index (χ0) is 27.2. The predicted octanol–water partition coefficient (Wildman–Crippen LogP) is 6.34. The van der Waals surface area contributed by atoms with Crippen LogP contribution in [0.2, 0.25) is 0 Å². The fourth-order valence-electron chi connectivity index (χ4n) is 2.58. The zero-order valence-electron chi connectivity index (χ0n) is 18.9. The van der Waals surface area contributed by atoms with E-state index in [1.807, 2.05) is 6.07 Å². The maximum atomic E-state index is 12.7. The van der Waals surface area contributed by atoms with Gasteiger partial charge in [-0.2, -0.15) is 10.5 Å². The van der Waals surface area contributed by atoms with Gasteiger partial charge in [-0.25, -0.2) is 13.2 Å². The van der Waals surface area contributed by atoms with Crippen molar-refractivity contribution in [3.8, 4) is 29.4 Å². The summed E-state index contributed by atoms with van der Waals surface area (Å²) in [6.07, 6.45) is 0.996. The Balaban J connectivity index is 0.000000215. The zero-order valence-corrected chi connectivity index (χ0v) is 18.9. The number of nitriles is 2. The molecule has 0 bridgehead atoms. The van der Waals surface area contributed by atoms with Crippen molar-refractivity contribution in [2.24, 2.45) is 0 Å². The number of hydrogen-bond donors (Lipinski definition) is 1. The topological polar surface area (TPSA) is 111 Å². The summed E-state index contributed by atoms with van der Waals surface area (Å²) in [5.41, 5.74) is 0.861. The van der Waals surface area contributed by atoms with Crippen molar-refractivity contribution in [2.75, 3.05) is 0 Å². The van der Waals surface area contributed by atoms with E-state index in [1.165, 1.54) is 72.8 Å². The molecular formula is C28H17F3N2O4. The second-order valence-corrected chi connectivity index (χ2v) is 6.98. The van der Waals surface area contributed by atoms with Gasteiger partial charge in [0.05, 0.1) is 34.4 Å². The maximum Gasteiger partial charge on any atom is 0.153 e. The number of benzene rings is 4. The first-order valence-corrected chi connectivity index (χ1v) is 10.3. The molecule has 0 aliphatic rings. The first-order valence-electron chi connectivity index (χ1n) is 10.3. The summed E-state index contributed by atoms with van der Waals surface area (Å²) in [6, 6.07) is 22.3. The normalized spacial score (nSPS) is 9.22. The van der Waals surface area contributed by atoms with E-state index in [1.54, 1.807) is 12.1 Å². The summed E-state index contributed by atoms with van der Waals surface area (Å²) in [5.74, 6) is -0.453. The Labute approximate surface area is 210 Å². The summed E-state index contributed by atoms with van der Waals surface area (Å²) in [6.45, 7) is 0. The Kier molecular flexibility index (Phi) is 10.6. The molecule has 0 aliphatic heterocycles. The van der Waals surface area contributed by atoms with E-state index in [-0.39, 0.29) is 34.1 Å². The van der Waals surface area contributed by atoms with Gasteiger partial charge >= 0.3 is 0 Å². The Morgan fingerprint density at radius 2 is 1.16 bits per heavy atom. The van der Waals surface area contributed by atoms with Crippen LogP contribution in [-0.2, 0) is 0 Å². The molecule has 184 valence electrons. The van der Waals surface area contributed by atoms with Gasteiger partial charge in [0, 0.05) is 0 Å². The summed E-state index contributed by atoms with van der Waals surface area (Å²) >= 11 is 0. The lowest BCUT2D eigenvalue weighted by Gasteiger charge is -2.07. The number of ether oxygens (including phenoxy) is 1. The molecule has 0 aliphatic carbocycles. The van der Waals surface area contributed by atoms with Gasteiger partial charge in [0.1, 0.15) is 34.7 Å². The van der Waals surface area contributed by atoms with Crippen LogP contribution in [0.1, 0.15) is 31.8 Å². The third-order valence-electron chi connectivity index (χ3n) is 4.39. The molecule has 0 heterocycles. The minimum absolute atomic E-state index is 0.0796. The van der Waals surface area contributed by atoms with E-state index in [2.05, 4.69) is 0 Å². The largest absolute Gasteiger partial charge is 0.508 e. The van der Waals surface area contributed by atoms with Gasteiger partial charge in [-0.3, -0.25) is 9.59 Å². The first-order chi connectivity index (χ1) is 17.8. The highest BCUT2D eigenvalue weighted by Crippen LogP contribution is 2.25. The van der Waals surface area contributed by atoms with E-state index in [0.717, 1.165) is 6.07 Å². The minimum atomic E-state index is -0.598. The summed E-state index contributed by atoms with van der Waals surface area (Å²) in [4.78, 5) is 21.0. The highest BCUT2D eigenvalue weighted by atomic mass is 19.1. The van der Waals surface area contributed by atoms with Crippen LogP contribution in [0.5, 0.6) is 17.2 Å². The number of carbonyl (C=O) groups excluding carboxylic acids is 2. The van der Waals surface area contributed by atoms with Crippen molar-refractivity contribution < 1.29 is 32.6 Å². The predicted molar refractivity (Wildman–Crippen MR) is 128 cm³/mol. The van der Waals surface area contributed by atoms with E-state index in [4.69, 9.17) is 20.4 Å². The van der Waals surface area contributed by atoms with Crippen molar-refractivity contribution in [1.29, 1.82) is 10.5 Å². The van der Waals surface area contributed by atoms with E-state index < -0.39 is 5.82 Å². The number of phenolic OH excluding ortho intramolecular Hbond substituents is 1. The van der Waals surface area contributed by atoms with Crippen LogP contribution in [0, 0.1) is 40.1 Å². The van der Waals surface area contributed by atoms with Crippen LogP contribution < -0.4 is 4.74 Å². The molecule has 1 N–H and O–H groups in total. The van der Waals surface area contributed by atoms with E-state index in [9.17, 15) is 22.8 Å². The lowest BCUT2D eigenvalue weighted by Crippen LogP contribution is -1.91. The van der Waals surface area contributed by atoms with Gasteiger partial charge in [-0.1, -0.05) is 0 Å². The summed E-state index contributed by atoms with van der Waals surface area (Å²) in [5, 5.41) is 25.7. The molecule has 0 unspecified atom stereocenters. The third kappa shape index (κ3) is 9.04. The van der Waals surface area contributed by atoms with Crippen LogP contribution in [0.3, 0.4) is 0 Å². The lowest BCUT2D eigenvalue weighted by molar-refractivity contribution is 0.111. The fourth-order valence-corrected chi connectivity index (χ4v) is 2.58. The van der Waals surface area contributed by atoms with Crippen LogP contribution in [0.25, 0.3) is 0 Å². The molecule has 0 aromatic heterocycles.